The number of rotatable bonds is 5. The first-order chi connectivity index (χ1) is 13.2. The Hall–Kier alpha value is -2.17. The van der Waals surface area contributed by atoms with E-state index in [1.165, 1.54) is 22.7 Å². The molecule has 2 heterocycles. The summed E-state index contributed by atoms with van der Waals surface area (Å²) in [6, 6.07) is 17.8. The lowest BCUT2D eigenvalue weighted by Crippen LogP contribution is -2.36. The highest BCUT2D eigenvalue weighted by atomic mass is 32.2. The monoisotopic (exact) mass is 417 g/mol. The molecule has 0 N–H and O–H groups in total. The van der Waals surface area contributed by atoms with E-state index in [0.717, 1.165) is 26.3 Å². The van der Waals surface area contributed by atoms with Crippen molar-refractivity contribution in [1.82, 2.24) is 4.57 Å². The van der Waals surface area contributed by atoms with E-state index < -0.39 is 11.1 Å². The van der Waals surface area contributed by atoms with Gasteiger partial charge in [0.05, 0.1) is 10.4 Å². The van der Waals surface area contributed by atoms with Gasteiger partial charge in [-0.1, -0.05) is 53.8 Å². The third-order valence-electron chi connectivity index (χ3n) is 4.08. The molecule has 0 saturated heterocycles. The lowest BCUT2D eigenvalue weighted by Gasteiger charge is -2.03. The molecule has 0 aliphatic carbocycles. The fraction of sp³-hybridized carbons (Fsp3) is 0.111. The zero-order chi connectivity index (χ0) is 18.8. The van der Waals surface area contributed by atoms with Crippen LogP contribution in [0.1, 0.15) is 0 Å². The Morgan fingerprint density at radius 2 is 1.93 bits per heavy atom. The van der Waals surface area contributed by atoms with Gasteiger partial charge in [0.1, 0.15) is 5.52 Å². The Bertz CT molecular complexity index is 1180. The summed E-state index contributed by atoms with van der Waals surface area (Å²) in [6.07, 6.45) is 0. The number of benzene rings is 2. The van der Waals surface area contributed by atoms with Crippen molar-refractivity contribution in [2.24, 2.45) is 12.0 Å². The average molecular weight is 418 g/mol. The first-order valence-electron chi connectivity index (χ1n) is 8.02. The number of hydrogen-bond donors (Lipinski definition) is 0. The SMILES string of the molecule is Cn1c(-c2ccccc2)cs/c1=N/c1sc2ccccc2[n+]1CS(=O)O[O-]. The van der Waals surface area contributed by atoms with E-state index in [9.17, 15) is 9.47 Å². The second-order valence-electron chi connectivity index (χ2n) is 5.72. The molecule has 6 nitrogen and oxygen atoms in total. The van der Waals surface area contributed by atoms with Crippen molar-refractivity contribution >= 4 is 49.1 Å². The summed E-state index contributed by atoms with van der Waals surface area (Å²) in [4.78, 5) is 5.59. The van der Waals surface area contributed by atoms with Crippen LogP contribution in [-0.2, 0) is 28.3 Å². The molecule has 9 heteroatoms. The number of para-hydroxylation sites is 1. The van der Waals surface area contributed by atoms with Crippen LogP contribution in [0.25, 0.3) is 21.5 Å². The van der Waals surface area contributed by atoms with Gasteiger partial charge in [0.2, 0.25) is 0 Å². The highest BCUT2D eigenvalue weighted by Gasteiger charge is 2.21. The van der Waals surface area contributed by atoms with E-state index >= 15 is 0 Å². The van der Waals surface area contributed by atoms with Crippen molar-refractivity contribution in [1.29, 1.82) is 0 Å². The molecule has 138 valence electrons. The van der Waals surface area contributed by atoms with Crippen molar-refractivity contribution in [3.63, 3.8) is 0 Å². The van der Waals surface area contributed by atoms with Crippen LogP contribution in [0.4, 0.5) is 5.13 Å². The summed E-state index contributed by atoms with van der Waals surface area (Å²) >= 11 is 1.05. The summed E-state index contributed by atoms with van der Waals surface area (Å²) < 4.78 is 20.2. The molecule has 1 unspecified atom stereocenters. The van der Waals surface area contributed by atoms with E-state index in [1.54, 1.807) is 4.57 Å². The number of fused-ring (bicyclic) bond motifs is 1. The van der Waals surface area contributed by atoms with E-state index in [1.807, 2.05) is 54.1 Å². The maximum Gasteiger partial charge on any atom is 0.387 e. The minimum Gasteiger partial charge on any atom is -0.709 e. The molecule has 2 aromatic carbocycles. The van der Waals surface area contributed by atoms with Crippen molar-refractivity contribution in [2.45, 2.75) is 5.88 Å². The van der Waals surface area contributed by atoms with Gasteiger partial charge in [-0.2, -0.15) is 4.57 Å². The van der Waals surface area contributed by atoms with Crippen LogP contribution in [0.3, 0.4) is 0 Å². The van der Waals surface area contributed by atoms with Crippen LogP contribution in [0.5, 0.6) is 0 Å². The lowest BCUT2D eigenvalue weighted by atomic mass is 10.2. The van der Waals surface area contributed by atoms with Gasteiger partial charge in [-0.15, -0.1) is 0 Å². The minimum absolute atomic E-state index is 0.0625. The quantitative estimate of drug-likeness (QED) is 0.284. The van der Waals surface area contributed by atoms with Crippen molar-refractivity contribution in [3.05, 3.63) is 64.8 Å². The number of hydrogen-bond acceptors (Lipinski definition) is 6. The van der Waals surface area contributed by atoms with Crippen LogP contribution >= 0.6 is 22.7 Å². The smallest absolute Gasteiger partial charge is 0.387 e. The number of thiazole rings is 2. The first-order valence-corrected chi connectivity index (χ1v) is 11.0. The molecule has 1 atom stereocenters. The normalized spacial score (nSPS) is 13.3. The van der Waals surface area contributed by atoms with E-state index in [0.29, 0.717) is 5.13 Å². The fourth-order valence-corrected chi connectivity index (χ4v) is 5.37. The second kappa shape index (κ2) is 7.83. The molecule has 0 aliphatic heterocycles. The largest absolute Gasteiger partial charge is 0.709 e. The van der Waals surface area contributed by atoms with Gasteiger partial charge in [0.25, 0.3) is 0 Å². The van der Waals surface area contributed by atoms with Crippen LogP contribution < -0.4 is 14.6 Å². The molecule has 0 saturated carbocycles. The summed E-state index contributed by atoms with van der Waals surface area (Å²) in [6.45, 7) is 0. The molecule has 0 fully saturated rings. The molecular formula is C18H15N3O3S3. The van der Waals surface area contributed by atoms with E-state index in [-0.39, 0.29) is 5.88 Å². The Kier molecular flexibility index (Phi) is 5.28. The first kappa shape index (κ1) is 18.2. The molecule has 0 bridgehead atoms. The van der Waals surface area contributed by atoms with Gasteiger partial charge in [-0.3, -0.25) is 4.57 Å². The molecular weight excluding hydrogens is 402 g/mol. The summed E-state index contributed by atoms with van der Waals surface area (Å²) in [5.41, 5.74) is 3.05. The predicted molar refractivity (Wildman–Crippen MR) is 105 cm³/mol. The Labute approximate surface area is 165 Å². The molecule has 0 spiro atoms. The third-order valence-corrected chi connectivity index (χ3v) is 6.68. The van der Waals surface area contributed by atoms with E-state index in [2.05, 4.69) is 21.8 Å². The number of nitrogens with zero attached hydrogens (tertiary/aromatic N) is 3. The molecule has 0 radical (unpaired) electrons. The standard InChI is InChI=1S/C18H15N3O3S3/c1-20-15(13-7-3-2-4-8-13)11-25-17(20)19-18-21(12-27(23)24-22)14-9-5-6-10-16(14)26-18/h2-11H,12H2,1H3. The molecule has 0 aliphatic rings. The van der Waals surface area contributed by atoms with Crippen molar-refractivity contribution < 1.29 is 18.4 Å². The molecule has 0 amide bonds. The zero-order valence-electron chi connectivity index (χ0n) is 14.3. The zero-order valence-corrected chi connectivity index (χ0v) is 16.7. The topological polar surface area (TPSA) is 70.5 Å². The minimum atomic E-state index is -1.96. The second-order valence-corrected chi connectivity index (χ2v) is 8.57. The van der Waals surface area contributed by atoms with Gasteiger partial charge < -0.3 is 9.59 Å². The lowest BCUT2D eigenvalue weighted by molar-refractivity contribution is -0.654. The summed E-state index contributed by atoms with van der Waals surface area (Å²) in [7, 11) is 1.97. The molecule has 4 rings (SSSR count). The van der Waals surface area contributed by atoms with Gasteiger partial charge in [-0.05, 0) is 29.0 Å². The van der Waals surface area contributed by atoms with Gasteiger partial charge in [-0.25, -0.2) is 4.21 Å². The Balaban J connectivity index is 1.85. The van der Waals surface area contributed by atoms with Gasteiger partial charge in [0, 0.05) is 17.4 Å². The van der Waals surface area contributed by atoms with Crippen LogP contribution in [0.15, 0.2) is 65.0 Å². The van der Waals surface area contributed by atoms with Gasteiger partial charge in [0.15, 0.2) is 17.0 Å². The highest BCUT2D eigenvalue weighted by Crippen LogP contribution is 2.26. The highest BCUT2D eigenvalue weighted by molar-refractivity contribution is 7.78. The molecule has 2 aromatic heterocycles. The van der Waals surface area contributed by atoms with Crippen LogP contribution in [0.2, 0.25) is 0 Å². The predicted octanol–water partition coefficient (Wildman–Crippen LogP) is 2.40. The molecule has 4 aromatic rings. The van der Waals surface area contributed by atoms with Crippen molar-refractivity contribution in [3.8, 4) is 11.3 Å². The molecule has 27 heavy (non-hydrogen) atoms. The third kappa shape index (κ3) is 3.64. The van der Waals surface area contributed by atoms with Crippen LogP contribution in [-0.4, -0.2) is 8.78 Å². The van der Waals surface area contributed by atoms with Crippen molar-refractivity contribution in [2.75, 3.05) is 0 Å². The Morgan fingerprint density at radius 1 is 1.19 bits per heavy atom. The summed E-state index contributed by atoms with van der Waals surface area (Å²) in [5, 5.41) is 13.3. The maximum absolute atomic E-state index is 11.7. The Morgan fingerprint density at radius 3 is 2.70 bits per heavy atom. The average Bonchev–Trinajstić information content (AvgIpc) is 3.23. The van der Waals surface area contributed by atoms with Gasteiger partial charge >= 0.3 is 9.93 Å². The summed E-state index contributed by atoms with van der Waals surface area (Å²) in [5.74, 6) is -0.0625. The maximum atomic E-state index is 11.7. The van der Waals surface area contributed by atoms with Crippen LogP contribution in [0, 0.1) is 0 Å². The fourth-order valence-electron chi connectivity index (χ4n) is 2.78. The van der Waals surface area contributed by atoms with E-state index in [4.69, 9.17) is 4.99 Å². The number of aromatic nitrogens is 2.